The van der Waals surface area contributed by atoms with E-state index in [1.807, 2.05) is 0 Å². The van der Waals surface area contributed by atoms with Crippen molar-refractivity contribution in [3.05, 3.63) is 45.8 Å². The van der Waals surface area contributed by atoms with Crippen molar-refractivity contribution >= 4 is 11.8 Å². The molecule has 1 aromatic carbocycles. The van der Waals surface area contributed by atoms with E-state index in [1.165, 1.54) is 6.07 Å². The number of nitrogens with zero attached hydrogens (tertiary/aromatic N) is 3. The van der Waals surface area contributed by atoms with E-state index in [1.54, 1.807) is 18.2 Å². The van der Waals surface area contributed by atoms with Gasteiger partial charge in [0.05, 0.1) is 0 Å². The first-order valence-electron chi connectivity index (χ1n) is 5.84. The zero-order chi connectivity index (χ0) is 14.1. The van der Waals surface area contributed by atoms with Crippen LogP contribution in [0.3, 0.4) is 0 Å². The minimum atomic E-state index is -0.566. The first-order chi connectivity index (χ1) is 9.15. The number of nitrogens with one attached hydrogen (secondary N) is 1. The molecule has 2 amide bonds. The Morgan fingerprint density at radius 3 is 2.74 bits per heavy atom. The molecule has 19 heavy (non-hydrogen) atoms. The number of carbonyl (C=O) groups is 2. The van der Waals surface area contributed by atoms with Crippen molar-refractivity contribution in [1.29, 1.82) is 0 Å². The molecule has 7 nitrogen and oxygen atoms in total. The third-order valence-corrected chi connectivity index (χ3v) is 2.44. The molecular weight excluding hydrogens is 246 g/mol. The van der Waals surface area contributed by atoms with Crippen molar-refractivity contribution < 1.29 is 9.59 Å². The average molecular weight is 261 g/mol. The molecule has 0 aliphatic carbocycles. The Labute approximate surface area is 110 Å². The van der Waals surface area contributed by atoms with Gasteiger partial charge in [-0.1, -0.05) is 11.2 Å². The molecule has 0 bridgehead atoms. The number of hydrogen-bond acceptors (Lipinski definition) is 3. The van der Waals surface area contributed by atoms with E-state index in [4.69, 9.17) is 11.3 Å². The summed E-state index contributed by atoms with van der Waals surface area (Å²) in [6.07, 6.45) is 1.44. The first-order valence-corrected chi connectivity index (χ1v) is 5.84. The maximum Gasteiger partial charge on any atom is 0.251 e. The van der Waals surface area contributed by atoms with Crippen LogP contribution < -0.4 is 11.1 Å². The van der Waals surface area contributed by atoms with Gasteiger partial charge in [-0.15, -0.1) is 0 Å². The summed E-state index contributed by atoms with van der Waals surface area (Å²) in [5.41, 5.74) is 13.9. The van der Waals surface area contributed by atoms with Crippen molar-refractivity contribution in [2.45, 2.75) is 12.8 Å². The molecule has 0 heterocycles. The van der Waals surface area contributed by atoms with Crippen LogP contribution >= 0.6 is 0 Å². The second-order valence-corrected chi connectivity index (χ2v) is 3.86. The fourth-order valence-corrected chi connectivity index (χ4v) is 1.47. The Bertz CT molecular complexity index is 509. The number of primary amides is 1. The molecule has 0 radical (unpaired) electrons. The van der Waals surface area contributed by atoms with Crippen LogP contribution in [-0.4, -0.2) is 24.9 Å². The standard InChI is InChI=1S/C12H15N5O2/c13-11(18)9-4-3-5-10(8-9)12(19)15-6-1-2-7-16-17-14/h3-5,8H,1-2,6-7H2,(H2,13,18)(H,15,19). The predicted octanol–water partition coefficient (Wildman–Crippen LogP) is 1.61. The molecule has 0 spiro atoms. The number of rotatable bonds is 7. The van der Waals surface area contributed by atoms with Gasteiger partial charge in [0.25, 0.3) is 5.91 Å². The molecule has 0 saturated carbocycles. The topological polar surface area (TPSA) is 121 Å². The molecule has 100 valence electrons. The van der Waals surface area contributed by atoms with Crippen LogP contribution in [0.4, 0.5) is 0 Å². The quantitative estimate of drug-likeness (QED) is 0.335. The van der Waals surface area contributed by atoms with Gasteiger partial charge in [-0.05, 0) is 36.6 Å². The molecule has 0 saturated heterocycles. The van der Waals surface area contributed by atoms with Gasteiger partial charge >= 0.3 is 0 Å². The highest BCUT2D eigenvalue weighted by atomic mass is 16.2. The summed E-state index contributed by atoms with van der Waals surface area (Å²) in [7, 11) is 0. The van der Waals surface area contributed by atoms with E-state index in [2.05, 4.69) is 15.3 Å². The maximum atomic E-state index is 11.8. The van der Waals surface area contributed by atoms with E-state index in [-0.39, 0.29) is 5.91 Å². The third-order valence-electron chi connectivity index (χ3n) is 2.44. The lowest BCUT2D eigenvalue weighted by molar-refractivity contribution is 0.0953. The Kier molecular flexibility index (Phi) is 5.91. The summed E-state index contributed by atoms with van der Waals surface area (Å²) >= 11 is 0. The van der Waals surface area contributed by atoms with Crippen LogP contribution in [0.5, 0.6) is 0 Å². The number of nitrogens with two attached hydrogens (primary N) is 1. The average Bonchev–Trinajstić information content (AvgIpc) is 2.42. The molecule has 0 atom stereocenters. The van der Waals surface area contributed by atoms with E-state index in [0.717, 1.165) is 6.42 Å². The molecular formula is C12H15N5O2. The van der Waals surface area contributed by atoms with Gasteiger partial charge in [0, 0.05) is 29.1 Å². The van der Waals surface area contributed by atoms with E-state index >= 15 is 0 Å². The molecule has 0 aliphatic heterocycles. The van der Waals surface area contributed by atoms with Gasteiger partial charge in [0.15, 0.2) is 0 Å². The summed E-state index contributed by atoms with van der Waals surface area (Å²) in [4.78, 5) is 25.4. The lowest BCUT2D eigenvalue weighted by Gasteiger charge is -2.05. The largest absolute Gasteiger partial charge is 0.366 e. The number of carbonyl (C=O) groups excluding carboxylic acids is 2. The van der Waals surface area contributed by atoms with E-state index in [9.17, 15) is 9.59 Å². The molecule has 0 unspecified atom stereocenters. The van der Waals surface area contributed by atoms with E-state index < -0.39 is 5.91 Å². The van der Waals surface area contributed by atoms with Gasteiger partial charge in [-0.2, -0.15) is 0 Å². The Hall–Kier alpha value is -2.53. The SMILES string of the molecule is [N-]=[N+]=NCCCCNC(=O)c1cccc(C(N)=O)c1. The Balaban J connectivity index is 2.43. The summed E-state index contributed by atoms with van der Waals surface area (Å²) < 4.78 is 0. The summed E-state index contributed by atoms with van der Waals surface area (Å²) in [6, 6.07) is 6.23. The lowest BCUT2D eigenvalue weighted by atomic mass is 10.1. The number of unbranched alkanes of at least 4 members (excludes halogenated alkanes) is 1. The smallest absolute Gasteiger partial charge is 0.251 e. The zero-order valence-electron chi connectivity index (χ0n) is 10.4. The van der Waals surface area contributed by atoms with Crippen molar-refractivity contribution in [3.63, 3.8) is 0 Å². The highest BCUT2D eigenvalue weighted by Gasteiger charge is 2.07. The van der Waals surface area contributed by atoms with Crippen LogP contribution in [0.2, 0.25) is 0 Å². The second kappa shape index (κ2) is 7.73. The van der Waals surface area contributed by atoms with Gasteiger partial charge in [0.2, 0.25) is 5.91 Å². The number of hydrogen-bond donors (Lipinski definition) is 2. The van der Waals surface area contributed by atoms with Gasteiger partial charge in [-0.3, -0.25) is 9.59 Å². The molecule has 7 heteroatoms. The van der Waals surface area contributed by atoms with Gasteiger partial charge < -0.3 is 11.1 Å². The summed E-state index contributed by atoms with van der Waals surface area (Å²) in [5.74, 6) is -0.823. The van der Waals surface area contributed by atoms with Gasteiger partial charge in [0.1, 0.15) is 0 Å². The lowest BCUT2D eigenvalue weighted by Crippen LogP contribution is -2.25. The van der Waals surface area contributed by atoms with Crippen LogP contribution in [0.15, 0.2) is 29.4 Å². The molecule has 1 rings (SSSR count). The third kappa shape index (κ3) is 5.10. The Morgan fingerprint density at radius 2 is 2.05 bits per heavy atom. The number of amides is 2. The van der Waals surface area contributed by atoms with Crippen LogP contribution in [0.1, 0.15) is 33.6 Å². The highest BCUT2D eigenvalue weighted by molar-refractivity contribution is 5.99. The number of azide groups is 1. The zero-order valence-corrected chi connectivity index (χ0v) is 10.4. The van der Waals surface area contributed by atoms with Crippen LogP contribution in [0, 0.1) is 0 Å². The second-order valence-electron chi connectivity index (χ2n) is 3.86. The molecule has 0 aromatic heterocycles. The Morgan fingerprint density at radius 1 is 1.32 bits per heavy atom. The molecule has 0 aliphatic rings. The highest BCUT2D eigenvalue weighted by Crippen LogP contribution is 2.04. The minimum absolute atomic E-state index is 0.258. The van der Waals surface area contributed by atoms with Crippen molar-refractivity contribution in [2.75, 3.05) is 13.1 Å². The van der Waals surface area contributed by atoms with Crippen LogP contribution in [-0.2, 0) is 0 Å². The number of benzene rings is 1. The minimum Gasteiger partial charge on any atom is -0.366 e. The maximum absolute atomic E-state index is 11.8. The van der Waals surface area contributed by atoms with Crippen molar-refractivity contribution in [3.8, 4) is 0 Å². The molecule has 1 aromatic rings. The monoisotopic (exact) mass is 261 g/mol. The summed E-state index contributed by atoms with van der Waals surface area (Å²) in [5, 5.41) is 6.11. The van der Waals surface area contributed by atoms with Crippen molar-refractivity contribution in [2.24, 2.45) is 10.8 Å². The summed E-state index contributed by atoms with van der Waals surface area (Å²) in [6.45, 7) is 0.907. The van der Waals surface area contributed by atoms with E-state index in [0.29, 0.717) is 30.6 Å². The van der Waals surface area contributed by atoms with Crippen molar-refractivity contribution in [1.82, 2.24) is 5.32 Å². The fraction of sp³-hybridized carbons (Fsp3) is 0.333. The van der Waals surface area contributed by atoms with Crippen LogP contribution in [0.25, 0.3) is 10.4 Å². The first kappa shape index (κ1) is 14.5. The molecule has 3 N–H and O–H groups in total. The fourth-order valence-electron chi connectivity index (χ4n) is 1.47. The molecule has 0 fully saturated rings. The predicted molar refractivity (Wildman–Crippen MR) is 70.5 cm³/mol. The normalized spacial score (nSPS) is 9.47. The van der Waals surface area contributed by atoms with Gasteiger partial charge in [-0.25, -0.2) is 0 Å².